The van der Waals surface area contributed by atoms with Crippen molar-refractivity contribution < 1.29 is 14.3 Å². The van der Waals surface area contributed by atoms with E-state index in [1.54, 1.807) is 0 Å². The number of carbonyl (C=O) groups excluding carboxylic acids is 2. The van der Waals surface area contributed by atoms with E-state index in [9.17, 15) is 9.59 Å². The third-order valence-electron chi connectivity index (χ3n) is 5.06. The predicted octanol–water partition coefficient (Wildman–Crippen LogP) is 3.88. The molecule has 0 radical (unpaired) electrons. The quantitative estimate of drug-likeness (QED) is 0.503. The number of hydrogen-bond donors (Lipinski definition) is 0. The van der Waals surface area contributed by atoms with Crippen LogP contribution in [-0.2, 0) is 14.3 Å². The van der Waals surface area contributed by atoms with E-state index in [-0.39, 0.29) is 11.3 Å². The van der Waals surface area contributed by atoms with Crippen molar-refractivity contribution >= 4 is 11.9 Å². The second-order valence-corrected chi connectivity index (χ2v) is 7.91. The molecular weight excluding hydrogens is 276 g/mol. The van der Waals surface area contributed by atoms with Crippen LogP contribution in [0.4, 0.5) is 0 Å². The van der Waals surface area contributed by atoms with Gasteiger partial charge in [0, 0.05) is 11.3 Å². The van der Waals surface area contributed by atoms with Gasteiger partial charge in [0.15, 0.2) is 0 Å². The average Bonchev–Trinajstić information content (AvgIpc) is 2.71. The summed E-state index contributed by atoms with van der Waals surface area (Å²) in [7, 11) is 0. The third kappa shape index (κ3) is 1.88. The van der Waals surface area contributed by atoms with Gasteiger partial charge in [-0.2, -0.15) is 0 Å². The van der Waals surface area contributed by atoms with Crippen LogP contribution < -0.4 is 0 Å². The van der Waals surface area contributed by atoms with Gasteiger partial charge in [-0.1, -0.05) is 52.8 Å². The second kappa shape index (κ2) is 4.31. The SMILES string of the molecule is CC1=C2C=CC(C(C)(C)C)=CC2C(C)(C)C2=C1C(=O)OC2=O. The molecule has 2 aliphatic carbocycles. The molecule has 3 nitrogen and oxygen atoms in total. The van der Waals surface area contributed by atoms with Gasteiger partial charge >= 0.3 is 11.9 Å². The number of hydrogen-bond acceptors (Lipinski definition) is 3. The molecule has 1 atom stereocenters. The van der Waals surface area contributed by atoms with Gasteiger partial charge in [0.05, 0.1) is 11.1 Å². The fraction of sp³-hybridized carbons (Fsp3) is 0.474. The molecule has 0 amide bonds. The van der Waals surface area contributed by atoms with Crippen LogP contribution in [-0.4, -0.2) is 11.9 Å². The van der Waals surface area contributed by atoms with Crippen LogP contribution >= 0.6 is 0 Å². The zero-order valence-corrected chi connectivity index (χ0v) is 14.0. The van der Waals surface area contributed by atoms with Crippen LogP contribution in [0.25, 0.3) is 0 Å². The first kappa shape index (κ1) is 15.0. The van der Waals surface area contributed by atoms with E-state index in [0.29, 0.717) is 11.1 Å². The molecule has 3 heteroatoms. The summed E-state index contributed by atoms with van der Waals surface area (Å²) in [5.74, 6) is -0.900. The minimum Gasteiger partial charge on any atom is -0.386 e. The van der Waals surface area contributed by atoms with Gasteiger partial charge in [0.25, 0.3) is 0 Å². The van der Waals surface area contributed by atoms with Crippen LogP contribution in [0.5, 0.6) is 0 Å². The Morgan fingerprint density at radius 1 is 1.09 bits per heavy atom. The van der Waals surface area contributed by atoms with Crippen LogP contribution in [0, 0.1) is 16.7 Å². The Bertz CT molecular complexity index is 718. The lowest BCUT2D eigenvalue weighted by Gasteiger charge is -2.41. The highest BCUT2D eigenvalue weighted by Crippen LogP contribution is 2.53. The first-order chi connectivity index (χ1) is 10.0. The minimum absolute atomic E-state index is 0.0483. The van der Waals surface area contributed by atoms with Gasteiger partial charge in [-0.05, 0) is 29.1 Å². The molecule has 1 heterocycles. The molecule has 0 spiro atoms. The highest BCUT2D eigenvalue weighted by atomic mass is 16.6. The Kier molecular flexibility index (Phi) is 2.94. The van der Waals surface area contributed by atoms with Gasteiger partial charge in [-0.25, -0.2) is 9.59 Å². The van der Waals surface area contributed by atoms with Gasteiger partial charge in [0.2, 0.25) is 0 Å². The largest absolute Gasteiger partial charge is 0.386 e. The van der Waals surface area contributed by atoms with E-state index in [1.165, 1.54) is 5.57 Å². The summed E-state index contributed by atoms with van der Waals surface area (Å²) < 4.78 is 4.88. The molecule has 0 saturated carbocycles. The Balaban J connectivity index is 2.23. The van der Waals surface area contributed by atoms with Crippen molar-refractivity contribution in [3.63, 3.8) is 0 Å². The van der Waals surface area contributed by atoms with Crippen molar-refractivity contribution in [3.05, 3.63) is 46.1 Å². The summed E-state index contributed by atoms with van der Waals surface area (Å²) in [5.41, 5.74) is 3.84. The topological polar surface area (TPSA) is 43.4 Å². The van der Waals surface area contributed by atoms with Crippen molar-refractivity contribution in [2.75, 3.05) is 0 Å². The summed E-state index contributed by atoms with van der Waals surface area (Å²) in [6, 6.07) is 0. The summed E-state index contributed by atoms with van der Waals surface area (Å²) in [6.07, 6.45) is 6.47. The average molecular weight is 298 g/mol. The predicted molar refractivity (Wildman–Crippen MR) is 84.8 cm³/mol. The minimum atomic E-state index is -0.504. The smallest absolute Gasteiger partial charge is 0.346 e. The zero-order chi connectivity index (χ0) is 16.4. The third-order valence-corrected chi connectivity index (χ3v) is 5.06. The fourth-order valence-electron chi connectivity index (χ4n) is 3.68. The van der Waals surface area contributed by atoms with Gasteiger partial charge < -0.3 is 4.74 Å². The molecule has 1 aliphatic heterocycles. The molecule has 1 unspecified atom stereocenters. The number of esters is 2. The lowest BCUT2D eigenvalue weighted by Crippen LogP contribution is -2.34. The van der Waals surface area contributed by atoms with Crippen molar-refractivity contribution in [1.29, 1.82) is 0 Å². The summed E-state index contributed by atoms with van der Waals surface area (Å²) in [6.45, 7) is 12.5. The molecular formula is C19H22O3. The monoisotopic (exact) mass is 298 g/mol. The summed E-state index contributed by atoms with van der Waals surface area (Å²) in [4.78, 5) is 24.2. The van der Waals surface area contributed by atoms with Crippen LogP contribution in [0.2, 0.25) is 0 Å². The molecule has 3 aliphatic rings. The second-order valence-electron chi connectivity index (χ2n) is 7.91. The molecule has 0 aromatic heterocycles. The number of carbonyl (C=O) groups is 2. The van der Waals surface area contributed by atoms with Crippen LogP contribution in [0.3, 0.4) is 0 Å². The fourth-order valence-corrected chi connectivity index (χ4v) is 3.68. The highest BCUT2D eigenvalue weighted by molar-refractivity contribution is 6.16. The number of fused-ring (bicyclic) bond motifs is 1. The lowest BCUT2D eigenvalue weighted by molar-refractivity contribution is -0.151. The normalized spacial score (nSPS) is 26.8. The molecule has 22 heavy (non-hydrogen) atoms. The summed E-state index contributed by atoms with van der Waals surface area (Å²) >= 11 is 0. The molecule has 0 aromatic rings. The Morgan fingerprint density at radius 2 is 1.73 bits per heavy atom. The van der Waals surface area contributed by atoms with Crippen LogP contribution in [0.15, 0.2) is 46.1 Å². The van der Waals surface area contributed by atoms with Gasteiger partial charge in [-0.3, -0.25) is 0 Å². The first-order valence-electron chi connectivity index (χ1n) is 7.68. The van der Waals surface area contributed by atoms with E-state index in [4.69, 9.17) is 4.74 Å². The van der Waals surface area contributed by atoms with Crippen LogP contribution in [0.1, 0.15) is 41.5 Å². The van der Waals surface area contributed by atoms with Crippen molar-refractivity contribution in [3.8, 4) is 0 Å². The first-order valence-corrected chi connectivity index (χ1v) is 7.68. The number of ether oxygens (including phenoxy) is 1. The number of cyclic esters (lactones) is 2. The van der Waals surface area contributed by atoms with E-state index in [2.05, 4.69) is 39.0 Å². The zero-order valence-electron chi connectivity index (χ0n) is 14.0. The maximum absolute atomic E-state index is 12.2. The lowest BCUT2D eigenvalue weighted by atomic mass is 9.61. The molecule has 0 N–H and O–H groups in total. The standard InChI is InChI=1S/C19H22O3/c1-10-12-8-7-11(18(2,3)4)9-13(12)19(5,6)15-14(10)16(20)22-17(15)21/h7-9,13H,1-6H3. The maximum Gasteiger partial charge on any atom is 0.346 e. The molecule has 0 bridgehead atoms. The Morgan fingerprint density at radius 3 is 2.32 bits per heavy atom. The van der Waals surface area contributed by atoms with Gasteiger partial charge in [-0.15, -0.1) is 0 Å². The van der Waals surface area contributed by atoms with Gasteiger partial charge in [0.1, 0.15) is 0 Å². The van der Waals surface area contributed by atoms with E-state index < -0.39 is 17.4 Å². The number of allylic oxidation sites excluding steroid dienone is 5. The number of rotatable bonds is 0. The van der Waals surface area contributed by atoms with E-state index >= 15 is 0 Å². The molecule has 116 valence electrons. The molecule has 3 rings (SSSR count). The van der Waals surface area contributed by atoms with Crippen molar-refractivity contribution in [2.24, 2.45) is 16.7 Å². The molecule has 0 aromatic carbocycles. The molecule has 0 fully saturated rings. The van der Waals surface area contributed by atoms with Crippen molar-refractivity contribution in [2.45, 2.75) is 41.5 Å². The Hall–Kier alpha value is -1.90. The Labute approximate surface area is 131 Å². The van der Waals surface area contributed by atoms with E-state index in [0.717, 1.165) is 11.1 Å². The highest BCUT2D eigenvalue weighted by Gasteiger charge is 2.50. The maximum atomic E-state index is 12.2. The van der Waals surface area contributed by atoms with Crippen molar-refractivity contribution in [1.82, 2.24) is 0 Å². The summed E-state index contributed by atoms with van der Waals surface area (Å²) in [5, 5.41) is 0. The molecule has 0 saturated heterocycles. The van der Waals surface area contributed by atoms with E-state index in [1.807, 2.05) is 20.8 Å².